The van der Waals surface area contributed by atoms with Gasteiger partial charge in [0.2, 0.25) is 0 Å². The van der Waals surface area contributed by atoms with Gasteiger partial charge in [-0.2, -0.15) is 0 Å². The monoisotopic (exact) mass is 467 g/mol. The minimum absolute atomic E-state index is 0. The van der Waals surface area contributed by atoms with Gasteiger partial charge in [0.15, 0.2) is 12.8 Å². The average molecular weight is 467 g/mol. The normalized spacial score (nSPS) is 13.5. The predicted molar refractivity (Wildman–Crippen MR) is 106 cm³/mol. The first-order valence-corrected chi connectivity index (χ1v) is 8.28. The molecule has 0 saturated heterocycles. The first-order chi connectivity index (χ1) is 11.7. The molecule has 25 heavy (non-hydrogen) atoms. The van der Waals surface area contributed by atoms with E-state index in [1.807, 2.05) is 6.92 Å². The van der Waals surface area contributed by atoms with E-state index in [1.165, 1.54) is 12.1 Å². The van der Waals surface area contributed by atoms with Gasteiger partial charge in [-0.1, -0.05) is 0 Å². The topological polar surface area (TPSA) is 64.1 Å². The third-order valence-corrected chi connectivity index (χ3v) is 3.62. The van der Waals surface area contributed by atoms with Gasteiger partial charge in [-0.05, 0) is 37.5 Å². The van der Waals surface area contributed by atoms with Gasteiger partial charge in [-0.15, -0.1) is 24.0 Å². The van der Waals surface area contributed by atoms with Crippen LogP contribution in [-0.2, 0) is 22.5 Å². The van der Waals surface area contributed by atoms with Gasteiger partial charge in [0.05, 0.1) is 6.61 Å². The van der Waals surface area contributed by atoms with Gasteiger partial charge in [-0.25, -0.2) is 4.39 Å². The van der Waals surface area contributed by atoms with Crippen LogP contribution in [0.3, 0.4) is 0 Å². The lowest BCUT2D eigenvalue weighted by molar-refractivity contribution is -0.0172. The number of nitrogens with zero attached hydrogens (tertiary/aromatic N) is 1. The Balaban J connectivity index is 0.00000312. The highest BCUT2D eigenvalue weighted by Gasteiger charge is 2.16. The van der Waals surface area contributed by atoms with Crippen LogP contribution in [0.15, 0.2) is 17.1 Å². The molecule has 142 valence electrons. The highest BCUT2D eigenvalue weighted by Crippen LogP contribution is 2.29. The van der Waals surface area contributed by atoms with Crippen molar-refractivity contribution in [3.63, 3.8) is 0 Å². The molecule has 1 aromatic rings. The molecule has 0 saturated carbocycles. The van der Waals surface area contributed by atoms with E-state index in [-0.39, 0.29) is 36.6 Å². The molecule has 2 rings (SSSR count). The number of benzene rings is 1. The van der Waals surface area contributed by atoms with E-state index in [9.17, 15) is 4.39 Å². The van der Waals surface area contributed by atoms with E-state index < -0.39 is 0 Å². The Bertz CT molecular complexity index is 558. The number of aliphatic imine (C=N–C) groups is 1. The maximum Gasteiger partial charge on any atom is 0.190 e. The molecule has 0 fully saturated rings. The lowest BCUT2D eigenvalue weighted by Crippen LogP contribution is -2.39. The van der Waals surface area contributed by atoms with Crippen LogP contribution in [-0.4, -0.2) is 46.1 Å². The molecule has 0 spiro atoms. The SMILES string of the molecule is CCOCCCNC(=NC)NCCc1cc(F)cc2c1OCOC2.I. The number of hydrogen-bond donors (Lipinski definition) is 2. The molecule has 6 nitrogen and oxygen atoms in total. The van der Waals surface area contributed by atoms with Crippen molar-refractivity contribution in [3.05, 3.63) is 29.1 Å². The Morgan fingerprint density at radius 3 is 2.88 bits per heavy atom. The summed E-state index contributed by atoms with van der Waals surface area (Å²) < 4.78 is 29.7. The smallest absolute Gasteiger partial charge is 0.190 e. The number of rotatable bonds is 8. The Kier molecular flexibility index (Phi) is 10.7. The zero-order valence-electron chi connectivity index (χ0n) is 14.8. The minimum atomic E-state index is -0.267. The standard InChI is InChI=1S/C17H26FN3O3.HI/c1-3-22-8-4-6-20-17(19-2)21-7-5-13-9-15(18)10-14-11-23-12-24-16(13)14;/h9-10H,3-8,11-12H2,1-2H3,(H2,19,20,21);1H. The molecule has 0 amide bonds. The number of fused-ring (bicyclic) bond motifs is 1. The van der Waals surface area contributed by atoms with Gasteiger partial charge in [0.1, 0.15) is 11.6 Å². The van der Waals surface area contributed by atoms with E-state index in [0.29, 0.717) is 19.6 Å². The van der Waals surface area contributed by atoms with E-state index in [0.717, 1.165) is 49.0 Å². The summed E-state index contributed by atoms with van der Waals surface area (Å²) in [5.74, 6) is 1.20. The molecule has 1 aliphatic heterocycles. The van der Waals surface area contributed by atoms with Crippen molar-refractivity contribution in [2.75, 3.05) is 40.1 Å². The highest BCUT2D eigenvalue weighted by molar-refractivity contribution is 14.0. The van der Waals surface area contributed by atoms with Crippen molar-refractivity contribution < 1.29 is 18.6 Å². The van der Waals surface area contributed by atoms with Gasteiger partial charge < -0.3 is 24.8 Å². The molecule has 0 atom stereocenters. The summed E-state index contributed by atoms with van der Waals surface area (Å²) in [5.41, 5.74) is 1.60. The van der Waals surface area contributed by atoms with Crippen LogP contribution in [0.2, 0.25) is 0 Å². The Labute approximate surface area is 165 Å². The molecular formula is C17H27FIN3O3. The maximum absolute atomic E-state index is 13.7. The van der Waals surface area contributed by atoms with E-state index in [2.05, 4.69) is 15.6 Å². The van der Waals surface area contributed by atoms with Crippen molar-refractivity contribution in [1.29, 1.82) is 0 Å². The number of ether oxygens (including phenoxy) is 3. The van der Waals surface area contributed by atoms with Crippen molar-refractivity contribution in [2.24, 2.45) is 4.99 Å². The summed E-state index contributed by atoms with van der Waals surface area (Å²) in [6, 6.07) is 2.98. The lowest BCUT2D eigenvalue weighted by atomic mass is 10.1. The van der Waals surface area contributed by atoms with Crippen LogP contribution in [0, 0.1) is 5.82 Å². The van der Waals surface area contributed by atoms with Gasteiger partial charge in [0, 0.05) is 38.9 Å². The first kappa shape index (κ1) is 21.9. The second-order valence-corrected chi connectivity index (χ2v) is 5.39. The van der Waals surface area contributed by atoms with Crippen LogP contribution in [0.25, 0.3) is 0 Å². The molecule has 1 aliphatic rings. The molecule has 8 heteroatoms. The first-order valence-electron chi connectivity index (χ1n) is 8.28. The number of halogens is 2. The molecule has 0 unspecified atom stereocenters. The van der Waals surface area contributed by atoms with E-state index in [4.69, 9.17) is 14.2 Å². The summed E-state index contributed by atoms with van der Waals surface area (Å²) in [6.45, 7) is 5.46. The van der Waals surface area contributed by atoms with Gasteiger partial charge >= 0.3 is 0 Å². The Hall–Kier alpha value is -1.13. The maximum atomic E-state index is 13.7. The molecule has 1 heterocycles. The Morgan fingerprint density at radius 1 is 1.32 bits per heavy atom. The Morgan fingerprint density at radius 2 is 2.12 bits per heavy atom. The van der Waals surface area contributed by atoms with Crippen LogP contribution < -0.4 is 15.4 Å². The summed E-state index contributed by atoms with van der Waals surface area (Å²) in [5, 5.41) is 6.45. The van der Waals surface area contributed by atoms with E-state index in [1.54, 1.807) is 7.05 Å². The fraction of sp³-hybridized carbons (Fsp3) is 0.588. The number of hydrogen-bond acceptors (Lipinski definition) is 4. The number of nitrogens with one attached hydrogen (secondary N) is 2. The molecule has 1 aromatic carbocycles. The quantitative estimate of drug-likeness (QED) is 0.266. The van der Waals surface area contributed by atoms with Crippen molar-refractivity contribution in [3.8, 4) is 5.75 Å². The van der Waals surface area contributed by atoms with Crippen LogP contribution in [0.4, 0.5) is 4.39 Å². The molecular weight excluding hydrogens is 440 g/mol. The van der Waals surface area contributed by atoms with Crippen molar-refractivity contribution in [1.82, 2.24) is 10.6 Å². The minimum Gasteiger partial charge on any atom is -0.467 e. The second-order valence-electron chi connectivity index (χ2n) is 5.39. The van der Waals surface area contributed by atoms with Crippen LogP contribution in [0.5, 0.6) is 5.75 Å². The summed E-state index contributed by atoms with van der Waals surface area (Å²) >= 11 is 0. The summed E-state index contributed by atoms with van der Waals surface area (Å²) in [7, 11) is 1.72. The summed E-state index contributed by atoms with van der Waals surface area (Å²) in [4.78, 5) is 4.17. The van der Waals surface area contributed by atoms with Gasteiger partial charge in [0.25, 0.3) is 0 Å². The van der Waals surface area contributed by atoms with E-state index >= 15 is 0 Å². The molecule has 0 radical (unpaired) electrons. The lowest BCUT2D eigenvalue weighted by Gasteiger charge is -2.21. The number of guanidine groups is 1. The zero-order chi connectivity index (χ0) is 17.2. The molecule has 0 aliphatic carbocycles. The fourth-order valence-corrected chi connectivity index (χ4v) is 2.50. The van der Waals surface area contributed by atoms with Crippen LogP contribution in [0.1, 0.15) is 24.5 Å². The highest BCUT2D eigenvalue weighted by atomic mass is 127. The average Bonchev–Trinajstić information content (AvgIpc) is 2.59. The third kappa shape index (κ3) is 7.33. The second kappa shape index (κ2) is 12.3. The van der Waals surface area contributed by atoms with Crippen molar-refractivity contribution in [2.45, 2.75) is 26.4 Å². The van der Waals surface area contributed by atoms with Crippen LogP contribution >= 0.6 is 24.0 Å². The predicted octanol–water partition coefficient (Wildman–Crippen LogP) is 2.44. The fourth-order valence-electron chi connectivity index (χ4n) is 2.50. The molecule has 2 N–H and O–H groups in total. The third-order valence-electron chi connectivity index (χ3n) is 3.62. The largest absolute Gasteiger partial charge is 0.467 e. The van der Waals surface area contributed by atoms with Gasteiger partial charge in [-0.3, -0.25) is 4.99 Å². The summed E-state index contributed by atoms with van der Waals surface area (Å²) in [6.07, 6.45) is 1.56. The molecule has 0 aromatic heterocycles. The molecule has 0 bridgehead atoms. The zero-order valence-corrected chi connectivity index (χ0v) is 17.1. The van der Waals surface area contributed by atoms with Crippen molar-refractivity contribution >= 4 is 29.9 Å².